The van der Waals surface area contributed by atoms with Crippen LogP contribution in [-0.4, -0.2) is 19.3 Å². The Hall–Kier alpha value is -0.560. The van der Waals surface area contributed by atoms with Crippen LogP contribution in [0.2, 0.25) is 0 Å². The zero-order valence-electron chi connectivity index (χ0n) is 8.00. The molecule has 2 atom stereocenters. The highest BCUT2D eigenvalue weighted by atomic mass is 16.5. The third-order valence-corrected chi connectivity index (χ3v) is 1.88. The highest BCUT2D eigenvalue weighted by Gasteiger charge is 2.22. The lowest BCUT2D eigenvalue weighted by atomic mass is 9.98. The van der Waals surface area contributed by atoms with Gasteiger partial charge < -0.3 is 4.74 Å². The lowest BCUT2D eigenvalue weighted by Gasteiger charge is -2.26. The maximum atomic E-state index is 5.35. The number of hydrogen-bond acceptors (Lipinski definition) is 3. The van der Waals surface area contributed by atoms with Gasteiger partial charge in [-0.2, -0.15) is 0 Å². The second-order valence-corrected chi connectivity index (χ2v) is 3.13. The Morgan fingerprint density at radius 3 is 2.42 bits per heavy atom. The summed E-state index contributed by atoms with van der Waals surface area (Å²) in [5, 5.41) is 0. The predicted molar refractivity (Wildman–Crippen MR) is 50.2 cm³/mol. The van der Waals surface area contributed by atoms with Gasteiger partial charge in [0.1, 0.15) is 0 Å². The fourth-order valence-electron chi connectivity index (χ4n) is 1.30. The number of hydrogen-bond donors (Lipinski definition) is 2. The topological polar surface area (TPSA) is 47.3 Å². The van der Waals surface area contributed by atoms with Gasteiger partial charge >= 0.3 is 0 Å². The quantitative estimate of drug-likeness (QED) is 0.359. The fraction of sp³-hybridized carbons (Fsp3) is 0.778. The summed E-state index contributed by atoms with van der Waals surface area (Å²) >= 11 is 0. The van der Waals surface area contributed by atoms with Crippen LogP contribution in [0.3, 0.4) is 0 Å². The molecule has 3 heteroatoms. The van der Waals surface area contributed by atoms with Crippen LogP contribution < -0.4 is 11.3 Å². The minimum absolute atomic E-state index is 0.0417. The molecule has 0 amide bonds. The predicted octanol–water partition coefficient (Wildman–Crippen LogP) is 0.513. The molecule has 0 fully saturated rings. The molecule has 0 aromatic carbocycles. The number of methoxy groups -OCH3 is 1. The average molecular weight is 170 g/mol. The highest BCUT2D eigenvalue weighted by Crippen LogP contribution is 2.11. The molecule has 3 N–H and O–H groups in total. The maximum Gasteiger partial charge on any atom is 0.0769 e. The summed E-state index contributed by atoms with van der Waals surface area (Å²) in [7, 11) is 1.67. The largest absolute Gasteiger partial charge is 0.379 e. The number of hydrazine groups is 1. The molecule has 0 aliphatic rings. The van der Waals surface area contributed by atoms with Crippen LogP contribution in [-0.2, 0) is 4.74 Å². The Bertz CT molecular complexity index is 151. The SMILES string of the molecule is C#CCC(NN)C(OC)C(C)C. The summed E-state index contributed by atoms with van der Waals surface area (Å²) in [6.07, 6.45) is 5.86. The van der Waals surface area contributed by atoms with Gasteiger partial charge in [-0.1, -0.05) is 13.8 Å². The van der Waals surface area contributed by atoms with Crippen molar-refractivity contribution >= 4 is 0 Å². The van der Waals surface area contributed by atoms with Gasteiger partial charge in [0.2, 0.25) is 0 Å². The van der Waals surface area contributed by atoms with E-state index in [2.05, 4.69) is 25.2 Å². The summed E-state index contributed by atoms with van der Waals surface area (Å²) in [5.41, 5.74) is 2.67. The molecule has 0 saturated carbocycles. The summed E-state index contributed by atoms with van der Waals surface area (Å²) in [4.78, 5) is 0. The number of nitrogens with two attached hydrogens (primary N) is 1. The molecule has 0 radical (unpaired) electrons. The Balaban J connectivity index is 4.14. The molecular weight excluding hydrogens is 152 g/mol. The van der Waals surface area contributed by atoms with E-state index in [-0.39, 0.29) is 12.1 Å². The van der Waals surface area contributed by atoms with E-state index in [4.69, 9.17) is 17.0 Å². The summed E-state index contributed by atoms with van der Waals surface area (Å²) in [5.74, 6) is 8.32. The normalized spacial score (nSPS) is 15.7. The first-order chi connectivity index (χ1) is 5.67. The van der Waals surface area contributed by atoms with Crippen LogP contribution in [0, 0.1) is 18.3 Å². The van der Waals surface area contributed by atoms with E-state index in [1.165, 1.54) is 0 Å². The van der Waals surface area contributed by atoms with Crippen molar-refractivity contribution in [3.63, 3.8) is 0 Å². The maximum absolute atomic E-state index is 5.35. The standard InChI is InChI=1S/C9H18N2O/c1-5-6-8(11-10)9(12-4)7(2)3/h1,7-9,11H,6,10H2,2-4H3. The summed E-state index contributed by atoms with van der Waals surface area (Å²) < 4.78 is 5.28. The van der Waals surface area contributed by atoms with Crippen molar-refractivity contribution in [3.8, 4) is 12.3 Å². The molecule has 0 aromatic heterocycles. The second kappa shape index (κ2) is 6.01. The molecule has 3 nitrogen and oxygen atoms in total. The van der Waals surface area contributed by atoms with E-state index in [0.717, 1.165) is 0 Å². The lowest BCUT2D eigenvalue weighted by Crippen LogP contribution is -2.46. The van der Waals surface area contributed by atoms with E-state index in [9.17, 15) is 0 Å². The molecule has 0 heterocycles. The van der Waals surface area contributed by atoms with Gasteiger partial charge in [-0.25, -0.2) is 0 Å². The van der Waals surface area contributed by atoms with Gasteiger partial charge in [0.25, 0.3) is 0 Å². The van der Waals surface area contributed by atoms with Crippen LogP contribution in [0.4, 0.5) is 0 Å². The molecular formula is C9H18N2O. The molecule has 70 valence electrons. The molecule has 0 saturated heterocycles. The van der Waals surface area contributed by atoms with Crippen molar-refractivity contribution in [2.75, 3.05) is 7.11 Å². The first kappa shape index (κ1) is 11.4. The van der Waals surface area contributed by atoms with Gasteiger partial charge in [-0.15, -0.1) is 12.3 Å². The minimum Gasteiger partial charge on any atom is -0.379 e. The van der Waals surface area contributed by atoms with E-state index in [1.54, 1.807) is 7.11 Å². The Labute approximate surface area is 74.6 Å². The van der Waals surface area contributed by atoms with Gasteiger partial charge in [-0.05, 0) is 5.92 Å². The number of nitrogens with one attached hydrogen (secondary N) is 1. The van der Waals surface area contributed by atoms with E-state index >= 15 is 0 Å². The van der Waals surface area contributed by atoms with Gasteiger partial charge in [0, 0.05) is 13.5 Å². The summed E-state index contributed by atoms with van der Waals surface area (Å²) in [6, 6.07) is 0.0417. The van der Waals surface area contributed by atoms with Gasteiger partial charge in [0.15, 0.2) is 0 Å². The number of ether oxygens (including phenoxy) is 1. The van der Waals surface area contributed by atoms with Crippen molar-refractivity contribution in [3.05, 3.63) is 0 Å². The van der Waals surface area contributed by atoms with E-state index < -0.39 is 0 Å². The van der Waals surface area contributed by atoms with Gasteiger partial charge in [0.05, 0.1) is 12.1 Å². The van der Waals surface area contributed by atoms with Crippen LogP contribution in [0.25, 0.3) is 0 Å². The Kier molecular flexibility index (Phi) is 5.73. The van der Waals surface area contributed by atoms with Crippen LogP contribution in [0.5, 0.6) is 0 Å². The van der Waals surface area contributed by atoms with Crippen molar-refractivity contribution < 1.29 is 4.74 Å². The third kappa shape index (κ3) is 3.22. The summed E-state index contributed by atoms with van der Waals surface area (Å²) in [6.45, 7) is 4.16. The Morgan fingerprint density at radius 2 is 2.17 bits per heavy atom. The van der Waals surface area contributed by atoms with Crippen molar-refractivity contribution in [1.29, 1.82) is 0 Å². The van der Waals surface area contributed by atoms with Crippen LogP contribution >= 0.6 is 0 Å². The molecule has 0 aliphatic carbocycles. The smallest absolute Gasteiger partial charge is 0.0769 e. The molecule has 0 spiro atoms. The average Bonchev–Trinajstić information content (AvgIpc) is 2.03. The molecule has 0 aliphatic heterocycles. The van der Waals surface area contributed by atoms with Crippen LogP contribution in [0.1, 0.15) is 20.3 Å². The molecule has 0 bridgehead atoms. The Morgan fingerprint density at radius 1 is 1.58 bits per heavy atom. The lowest BCUT2D eigenvalue weighted by molar-refractivity contribution is 0.0346. The minimum atomic E-state index is 0.0417. The zero-order valence-corrected chi connectivity index (χ0v) is 8.00. The molecule has 0 rings (SSSR count). The first-order valence-electron chi connectivity index (χ1n) is 4.09. The highest BCUT2D eigenvalue weighted by molar-refractivity contribution is 4.93. The number of terminal acetylenes is 1. The van der Waals surface area contributed by atoms with Crippen molar-refractivity contribution in [1.82, 2.24) is 5.43 Å². The van der Waals surface area contributed by atoms with Gasteiger partial charge in [-0.3, -0.25) is 11.3 Å². The van der Waals surface area contributed by atoms with E-state index in [0.29, 0.717) is 12.3 Å². The molecule has 2 unspecified atom stereocenters. The van der Waals surface area contributed by atoms with Crippen molar-refractivity contribution in [2.45, 2.75) is 32.4 Å². The fourth-order valence-corrected chi connectivity index (χ4v) is 1.30. The molecule has 12 heavy (non-hydrogen) atoms. The molecule has 0 aromatic rings. The van der Waals surface area contributed by atoms with Crippen molar-refractivity contribution in [2.24, 2.45) is 11.8 Å². The number of rotatable bonds is 5. The second-order valence-electron chi connectivity index (χ2n) is 3.13. The van der Waals surface area contributed by atoms with E-state index in [1.807, 2.05) is 0 Å². The first-order valence-corrected chi connectivity index (χ1v) is 4.09. The third-order valence-electron chi connectivity index (χ3n) is 1.88. The van der Waals surface area contributed by atoms with Crippen LogP contribution in [0.15, 0.2) is 0 Å². The zero-order chi connectivity index (χ0) is 9.56. The monoisotopic (exact) mass is 170 g/mol.